The van der Waals surface area contributed by atoms with Gasteiger partial charge < -0.3 is 4.42 Å². The maximum atomic E-state index is 8.11. The van der Waals surface area contributed by atoms with Crippen molar-refractivity contribution in [2.75, 3.05) is 0 Å². The van der Waals surface area contributed by atoms with Crippen molar-refractivity contribution in [3.8, 4) is 22.4 Å². The third kappa shape index (κ3) is 2.75. The monoisotopic (exact) mass is 418 g/mol. The minimum atomic E-state index is -2.23. The van der Waals surface area contributed by atoms with Crippen LogP contribution < -0.4 is 4.57 Å². The zero-order valence-corrected chi connectivity index (χ0v) is 17.9. The lowest BCUT2D eigenvalue weighted by molar-refractivity contribution is -0.660. The molecule has 0 amide bonds. The molecule has 6 rings (SSSR count). The van der Waals surface area contributed by atoms with E-state index < -0.39 is 6.85 Å². The molecular weight excluding hydrogens is 392 g/mol. The zero-order valence-electron chi connectivity index (χ0n) is 20.9. The molecule has 0 aliphatic heterocycles. The number of pyridine rings is 2. The largest absolute Gasteiger partial charge is 0.453 e. The maximum Gasteiger partial charge on any atom is 0.213 e. The summed E-state index contributed by atoms with van der Waals surface area (Å²) in [6.45, 7) is -0.186. The van der Waals surface area contributed by atoms with Gasteiger partial charge in [0.15, 0.2) is 11.8 Å². The Morgan fingerprint density at radius 1 is 0.875 bits per heavy atom. The molecule has 154 valence electrons. The summed E-state index contributed by atoms with van der Waals surface area (Å²) in [5.41, 5.74) is 7.21. The van der Waals surface area contributed by atoms with Gasteiger partial charge in [0.05, 0.1) is 5.56 Å². The minimum Gasteiger partial charge on any atom is -0.453 e. The van der Waals surface area contributed by atoms with Crippen LogP contribution in [0.2, 0.25) is 0 Å². The van der Waals surface area contributed by atoms with Crippen molar-refractivity contribution in [1.82, 2.24) is 4.98 Å². The number of aryl methyl sites for hydroxylation is 3. The first kappa shape index (κ1) is 15.8. The highest BCUT2D eigenvalue weighted by Crippen LogP contribution is 2.37. The third-order valence-corrected chi connectivity index (χ3v) is 6.25. The molecular formula is C29H23N2O+. The van der Waals surface area contributed by atoms with Crippen molar-refractivity contribution in [3.63, 3.8) is 0 Å². The number of furan rings is 1. The van der Waals surface area contributed by atoms with Crippen LogP contribution in [-0.2, 0) is 7.05 Å². The predicted molar refractivity (Wildman–Crippen MR) is 131 cm³/mol. The van der Waals surface area contributed by atoms with E-state index in [0.717, 1.165) is 55.2 Å². The first-order valence-corrected chi connectivity index (χ1v) is 10.6. The van der Waals surface area contributed by atoms with E-state index >= 15 is 0 Å². The van der Waals surface area contributed by atoms with Gasteiger partial charge in [0, 0.05) is 43.7 Å². The molecule has 6 aromatic rings. The van der Waals surface area contributed by atoms with Gasteiger partial charge in [-0.2, -0.15) is 0 Å². The lowest BCUT2D eigenvalue weighted by Crippen LogP contribution is -2.31. The third-order valence-electron chi connectivity index (χ3n) is 6.25. The molecule has 32 heavy (non-hydrogen) atoms. The molecule has 3 heterocycles. The molecule has 0 aliphatic rings. The summed E-state index contributed by atoms with van der Waals surface area (Å²) >= 11 is 0. The van der Waals surface area contributed by atoms with Crippen LogP contribution in [0.25, 0.3) is 55.2 Å². The Bertz CT molecular complexity index is 1750. The molecule has 0 unspecified atom stereocenters. The second-order valence-corrected chi connectivity index (χ2v) is 8.20. The molecule has 3 heteroatoms. The van der Waals surface area contributed by atoms with Crippen LogP contribution in [0.15, 0.2) is 89.6 Å². The Labute approximate surface area is 190 Å². The van der Waals surface area contributed by atoms with Crippen LogP contribution in [0.4, 0.5) is 0 Å². The normalized spacial score (nSPS) is 13.4. The minimum absolute atomic E-state index is 0.327. The molecule has 0 aliphatic carbocycles. The van der Waals surface area contributed by atoms with Gasteiger partial charge in [0.1, 0.15) is 18.1 Å². The molecule has 0 saturated carbocycles. The van der Waals surface area contributed by atoms with E-state index in [0.29, 0.717) is 11.1 Å². The van der Waals surface area contributed by atoms with E-state index in [9.17, 15) is 0 Å². The highest BCUT2D eigenvalue weighted by molar-refractivity contribution is 6.13. The van der Waals surface area contributed by atoms with Crippen LogP contribution in [0.5, 0.6) is 0 Å². The van der Waals surface area contributed by atoms with Crippen molar-refractivity contribution >= 4 is 32.8 Å². The SMILES string of the molecule is [2H]C([2H])([2H])c1c[n+](C)c(-c2ccc3c(oc4c5ccccc5cnc34)c2C)cc1-c1ccccc1. The summed E-state index contributed by atoms with van der Waals surface area (Å²) in [4.78, 5) is 4.69. The quantitative estimate of drug-likeness (QED) is 0.286. The topological polar surface area (TPSA) is 29.9 Å². The van der Waals surface area contributed by atoms with Gasteiger partial charge in [-0.15, -0.1) is 0 Å². The first-order chi connectivity index (χ1) is 16.8. The second-order valence-electron chi connectivity index (χ2n) is 8.20. The molecule has 0 saturated heterocycles. The summed E-state index contributed by atoms with van der Waals surface area (Å²) in [5, 5.41) is 3.04. The predicted octanol–water partition coefficient (Wildman–Crippen LogP) is 6.91. The number of nitrogens with zero attached hydrogens (tertiary/aromatic N) is 2. The number of hydrogen-bond acceptors (Lipinski definition) is 2. The van der Waals surface area contributed by atoms with E-state index in [1.165, 1.54) is 0 Å². The van der Waals surface area contributed by atoms with E-state index in [1.807, 2.05) is 85.4 Å². The van der Waals surface area contributed by atoms with E-state index in [1.54, 1.807) is 6.20 Å². The first-order valence-electron chi connectivity index (χ1n) is 12.1. The highest BCUT2D eigenvalue weighted by Gasteiger charge is 2.21. The van der Waals surface area contributed by atoms with Crippen LogP contribution in [0, 0.1) is 13.8 Å². The van der Waals surface area contributed by atoms with Gasteiger partial charge in [0.2, 0.25) is 5.69 Å². The molecule has 0 radical (unpaired) electrons. The van der Waals surface area contributed by atoms with Crippen molar-refractivity contribution in [2.24, 2.45) is 7.05 Å². The summed E-state index contributed by atoms with van der Waals surface area (Å²) in [5.74, 6) is 0. The average Bonchev–Trinajstić information content (AvgIpc) is 3.25. The summed E-state index contributed by atoms with van der Waals surface area (Å²) in [7, 11) is 1.89. The van der Waals surface area contributed by atoms with Gasteiger partial charge in [-0.3, -0.25) is 4.98 Å². The van der Waals surface area contributed by atoms with Gasteiger partial charge in [-0.25, -0.2) is 4.57 Å². The fourth-order valence-corrected chi connectivity index (χ4v) is 4.59. The molecule has 0 spiro atoms. The molecule has 3 nitrogen and oxygen atoms in total. The Morgan fingerprint density at radius 2 is 1.69 bits per heavy atom. The second kappa shape index (κ2) is 7.03. The van der Waals surface area contributed by atoms with Gasteiger partial charge in [-0.1, -0.05) is 54.6 Å². The van der Waals surface area contributed by atoms with Crippen LogP contribution in [0.1, 0.15) is 15.2 Å². The fraction of sp³-hybridized carbons (Fsp3) is 0.103. The van der Waals surface area contributed by atoms with Gasteiger partial charge >= 0.3 is 0 Å². The van der Waals surface area contributed by atoms with Crippen molar-refractivity contribution < 1.29 is 13.1 Å². The number of fused-ring (bicyclic) bond motifs is 5. The van der Waals surface area contributed by atoms with Gasteiger partial charge in [0.25, 0.3) is 0 Å². The van der Waals surface area contributed by atoms with E-state index in [-0.39, 0.29) is 0 Å². The molecule has 0 N–H and O–H groups in total. The molecule has 0 atom stereocenters. The molecule has 3 aromatic heterocycles. The Hall–Kier alpha value is -3.98. The molecule has 0 fully saturated rings. The smallest absolute Gasteiger partial charge is 0.213 e. The number of benzene rings is 3. The standard InChI is InChI=1S/C29H23N2O/c1-18-17-31(3)26(15-25(18)20-9-5-4-6-10-20)22-13-14-24-27-29(32-28(24)19(22)2)23-12-8-7-11-21(23)16-30-27/h4-17H,1-3H3/q+1/i1D3. The Morgan fingerprint density at radius 3 is 2.53 bits per heavy atom. The van der Waals surface area contributed by atoms with E-state index in [4.69, 9.17) is 8.53 Å². The van der Waals surface area contributed by atoms with E-state index in [2.05, 4.69) is 17.1 Å². The lowest BCUT2D eigenvalue weighted by atomic mass is 9.96. The highest BCUT2D eigenvalue weighted by atomic mass is 16.3. The summed E-state index contributed by atoms with van der Waals surface area (Å²) in [6.07, 6.45) is 3.61. The van der Waals surface area contributed by atoms with Crippen LogP contribution >= 0.6 is 0 Å². The number of rotatable bonds is 2. The maximum absolute atomic E-state index is 8.11. The average molecular weight is 419 g/mol. The van der Waals surface area contributed by atoms with Crippen molar-refractivity contribution in [2.45, 2.75) is 13.8 Å². The van der Waals surface area contributed by atoms with Crippen LogP contribution in [-0.4, -0.2) is 4.98 Å². The molecule has 0 bridgehead atoms. The van der Waals surface area contributed by atoms with Gasteiger partial charge in [-0.05, 0) is 37.0 Å². The van der Waals surface area contributed by atoms with Crippen LogP contribution in [0.3, 0.4) is 0 Å². The number of aromatic nitrogens is 2. The molecule has 3 aromatic carbocycles. The lowest BCUT2D eigenvalue weighted by Gasteiger charge is -2.10. The Kier molecular flexibility index (Phi) is 3.46. The number of hydrogen-bond donors (Lipinski definition) is 0. The van der Waals surface area contributed by atoms with Crippen molar-refractivity contribution in [3.05, 3.63) is 96.3 Å². The fourth-order valence-electron chi connectivity index (χ4n) is 4.59. The zero-order chi connectivity index (χ0) is 24.3. The Balaban J connectivity index is 1.62. The summed E-state index contributed by atoms with van der Waals surface area (Å²) in [6, 6.07) is 23.8. The summed E-state index contributed by atoms with van der Waals surface area (Å²) < 4.78 is 32.6. The van der Waals surface area contributed by atoms with Crippen molar-refractivity contribution in [1.29, 1.82) is 0 Å².